The molecule has 156 valence electrons. The molecule has 0 aliphatic heterocycles. The maximum absolute atomic E-state index is 2.34. The second kappa shape index (κ2) is 8.81. The van der Waals surface area contributed by atoms with Gasteiger partial charge in [0.2, 0.25) is 0 Å². The Balaban J connectivity index is 2.08. The summed E-state index contributed by atoms with van der Waals surface area (Å²) in [5.41, 5.74) is 8.73. The lowest BCUT2D eigenvalue weighted by Gasteiger charge is -2.30. The highest BCUT2D eigenvalue weighted by Gasteiger charge is 2.46. The molecule has 0 N–H and O–H groups in total. The van der Waals surface area contributed by atoms with Crippen LogP contribution in [0.4, 0.5) is 0 Å². The highest BCUT2D eigenvalue weighted by Crippen LogP contribution is 2.59. The first kappa shape index (κ1) is 21.5. The molecule has 0 fully saturated rings. The minimum Gasteiger partial charge on any atom is -0.0620 e. The molecule has 4 aromatic carbocycles. The monoisotopic (exact) mass is 423 g/mol. The van der Waals surface area contributed by atoms with Crippen molar-refractivity contribution in [3.63, 3.8) is 0 Å². The van der Waals surface area contributed by atoms with Crippen molar-refractivity contribution >= 4 is 23.2 Å². The van der Waals surface area contributed by atoms with E-state index in [4.69, 9.17) is 0 Å². The molecule has 0 aliphatic carbocycles. The molecule has 4 rings (SSSR count). The largest absolute Gasteiger partial charge is 0.116 e. The van der Waals surface area contributed by atoms with Crippen molar-refractivity contribution in [2.75, 3.05) is 0 Å². The number of benzene rings is 4. The quantitative estimate of drug-likeness (QED) is 0.313. The summed E-state index contributed by atoms with van der Waals surface area (Å²) in [5, 5.41) is 4.34. The Bertz CT molecular complexity index is 1050. The third-order valence-corrected chi connectivity index (χ3v) is 11.5. The van der Waals surface area contributed by atoms with Gasteiger partial charge in [-0.3, -0.25) is 0 Å². The van der Waals surface area contributed by atoms with E-state index in [9.17, 15) is 0 Å². The Labute approximate surface area is 188 Å². The predicted octanol–water partition coefficient (Wildman–Crippen LogP) is 6.72. The molecule has 0 aromatic heterocycles. The molecule has 0 saturated heterocycles. The van der Waals surface area contributed by atoms with Crippen LogP contribution in [0.15, 0.2) is 91.0 Å². The molecular weight excluding hydrogens is 391 g/mol. The van der Waals surface area contributed by atoms with Gasteiger partial charge in [0.15, 0.2) is 0 Å². The van der Waals surface area contributed by atoms with Gasteiger partial charge in [-0.1, -0.05) is 54.6 Å². The molecule has 0 heterocycles. The maximum atomic E-state index is 2.34. The van der Waals surface area contributed by atoms with Crippen molar-refractivity contribution in [3.05, 3.63) is 124 Å². The van der Waals surface area contributed by atoms with Gasteiger partial charge in [-0.2, -0.15) is 0 Å². The Morgan fingerprint density at radius 3 is 1.03 bits per heavy atom. The first-order chi connectivity index (χ1) is 15.0. The standard InChI is InChI=1S/C30H32P/c1-22-23(2)25(4)30(26(5)24(22)3)21-31(27-15-9-6-10-16-27,28-17-11-7-12-18-28)29-19-13-8-14-20-29/h6-20H,21H2,1-5H3/q+1. The van der Waals surface area contributed by atoms with Gasteiger partial charge in [0.25, 0.3) is 0 Å². The Morgan fingerprint density at radius 1 is 0.419 bits per heavy atom. The van der Waals surface area contributed by atoms with Crippen LogP contribution >= 0.6 is 7.26 Å². The number of hydrogen-bond donors (Lipinski definition) is 0. The smallest absolute Gasteiger partial charge is 0.0620 e. The third-order valence-electron chi connectivity index (χ3n) is 7.14. The van der Waals surface area contributed by atoms with E-state index in [1.807, 2.05) is 0 Å². The molecule has 0 aliphatic rings. The molecule has 1 heteroatoms. The second-order valence-electron chi connectivity index (χ2n) is 8.58. The summed E-state index contributed by atoms with van der Waals surface area (Å²) in [5.74, 6) is 0. The zero-order chi connectivity index (χ0) is 22.0. The Morgan fingerprint density at radius 2 is 0.710 bits per heavy atom. The van der Waals surface area contributed by atoms with E-state index < -0.39 is 7.26 Å². The maximum Gasteiger partial charge on any atom is 0.116 e. The van der Waals surface area contributed by atoms with Crippen LogP contribution in [0.1, 0.15) is 33.4 Å². The summed E-state index contributed by atoms with van der Waals surface area (Å²) in [6.45, 7) is 11.5. The number of hydrogen-bond acceptors (Lipinski definition) is 0. The summed E-state index contributed by atoms with van der Waals surface area (Å²) in [4.78, 5) is 0. The lowest BCUT2D eigenvalue weighted by molar-refractivity contribution is 1.11. The van der Waals surface area contributed by atoms with Gasteiger partial charge in [0.05, 0.1) is 6.16 Å². The van der Waals surface area contributed by atoms with E-state index in [1.54, 1.807) is 0 Å². The van der Waals surface area contributed by atoms with Crippen molar-refractivity contribution in [1.29, 1.82) is 0 Å². The first-order valence-corrected chi connectivity index (χ1v) is 13.0. The summed E-state index contributed by atoms with van der Waals surface area (Å²) in [6, 6.07) is 33.6. The van der Waals surface area contributed by atoms with E-state index in [0.29, 0.717) is 0 Å². The van der Waals surface area contributed by atoms with Crippen LogP contribution in [-0.2, 0) is 6.16 Å². The van der Waals surface area contributed by atoms with Crippen molar-refractivity contribution in [2.45, 2.75) is 40.8 Å². The molecule has 4 aromatic rings. The van der Waals surface area contributed by atoms with Crippen molar-refractivity contribution in [3.8, 4) is 0 Å². The SMILES string of the molecule is Cc1c(C)c(C)c(C[P+](c2ccccc2)(c2ccccc2)c2ccccc2)c(C)c1C. The molecule has 0 atom stereocenters. The molecule has 31 heavy (non-hydrogen) atoms. The summed E-state index contributed by atoms with van der Waals surface area (Å²) in [7, 11) is -1.88. The Hall–Kier alpha value is -2.69. The van der Waals surface area contributed by atoms with Gasteiger partial charge in [-0.05, 0) is 104 Å². The molecular formula is C30H32P+. The van der Waals surface area contributed by atoms with Crippen LogP contribution in [0.3, 0.4) is 0 Å². The molecule has 0 saturated carbocycles. The van der Waals surface area contributed by atoms with Crippen LogP contribution in [-0.4, -0.2) is 0 Å². The highest BCUT2D eigenvalue weighted by atomic mass is 31.2. The highest BCUT2D eigenvalue weighted by molar-refractivity contribution is 7.95. The molecule has 0 radical (unpaired) electrons. The normalized spacial score (nSPS) is 11.5. The van der Waals surface area contributed by atoms with Crippen LogP contribution in [0.5, 0.6) is 0 Å². The second-order valence-corrected chi connectivity index (χ2v) is 12.1. The van der Waals surface area contributed by atoms with Gasteiger partial charge in [0.1, 0.15) is 23.2 Å². The van der Waals surface area contributed by atoms with Crippen LogP contribution < -0.4 is 15.9 Å². The zero-order valence-corrected chi connectivity index (χ0v) is 20.2. The van der Waals surface area contributed by atoms with Gasteiger partial charge >= 0.3 is 0 Å². The Kier molecular flexibility index (Phi) is 6.12. The van der Waals surface area contributed by atoms with Crippen molar-refractivity contribution in [1.82, 2.24) is 0 Å². The first-order valence-electron chi connectivity index (χ1n) is 11.1. The molecule has 0 amide bonds. The molecule has 0 spiro atoms. The van der Waals surface area contributed by atoms with E-state index in [2.05, 4.69) is 126 Å². The molecule has 0 unspecified atom stereocenters. The zero-order valence-electron chi connectivity index (χ0n) is 19.3. The van der Waals surface area contributed by atoms with Gasteiger partial charge in [0, 0.05) is 0 Å². The predicted molar refractivity (Wildman–Crippen MR) is 139 cm³/mol. The van der Waals surface area contributed by atoms with Crippen molar-refractivity contribution in [2.24, 2.45) is 0 Å². The summed E-state index contributed by atoms with van der Waals surface area (Å²) in [6.07, 6.45) is 1.05. The lowest BCUT2D eigenvalue weighted by atomic mass is 9.90. The summed E-state index contributed by atoms with van der Waals surface area (Å²) < 4.78 is 0. The van der Waals surface area contributed by atoms with E-state index in [1.165, 1.54) is 49.3 Å². The minimum absolute atomic E-state index is 1.05. The van der Waals surface area contributed by atoms with Crippen molar-refractivity contribution < 1.29 is 0 Å². The fraction of sp³-hybridized carbons (Fsp3) is 0.200. The van der Waals surface area contributed by atoms with Gasteiger partial charge < -0.3 is 0 Å². The van der Waals surface area contributed by atoms with Crippen LogP contribution in [0, 0.1) is 34.6 Å². The van der Waals surface area contributed by atoms with E-state index in [-0.39, 0.29) is 0 Å². The van der Waals surface area contributed by atoms with E-state index in [0.717, 1.165) is 6.16 Å². The molecule has 0 bridgehead atoms. The third kappa shape index (κ3) is 3.75. The van der Waals surface area contributed by atoms with Gasteiger partial charge in [-0.25, -0.2) is 0 Å². The summed E-state index contributed by atoms with van der Waals surface area (Å²) >= 11 is 0. The topological polar surface area (TPSA) is 0 Å². The molecule has 0 nitrogen and oxygen atoms in total. The lowest BCUT2D eigenvalue weighted by Crippen LogP contribution is -2.33. The fourth-order valence-electron chi connectivity index (χ4n) is 4.82. The van der Waals surface area contributed by atoms with Gasteiger partial charge in [-0.15, -0.1) is 0 Å². The average Bonchev–Trinajstić information content (AvgIpc) is 2.83. The average molecular weight is 424 g/mol. The minimum atomic E-state index is -1.88. The van der Waals surface area contributed by atoms with E-state index >= 15 is 0 Å². The van der Waals surface area contributed by atoms with Crippen LogP contribution in [0.25, 0.3) is 0 Å². The van der Waals surface area contributed by atoms with Crippen LogP contribution in [0.2, 0.25) is 0 Å². The number of rotatable bonds is 5. The fourth-order valence-corrected chi connectivity index (χ4v) is 9.25.